The first-order chi connectivity index (χ1) is 11.8. The fraction of sp³-hybridized carbons (Fsp3) is 0.412. The summed E-state index contributed by atoms with van der Waals surface area (Å²) in [7, 11) is -1.42. The molecule has 25 heavy (non-hydrogen) atoms. The van der Waals surface area contributed by atoms with Crippen LogP contribution in [0.1, 0.15) is 17.2 Å². The predicted octanol–water partition coefficient (Wildman–Crippen LogP) is 1.11. The maximum atomic E-state index is 12.6. The molecule has 0 radical (unpaired) electrons. The maximum Gasteiger partial charge on any atom is 0.261 e. The first-order valence-corrected chi connectivity index (χ1v) is 9.84. The second kappa shape index (κ2) is 6.87. The number of hydrogen-bond donors (Lipinski definition) is 0. The number of carbonyl (C=O) groups is 1. The molecule has 0 N–H and O–H groups in total. The minimum atomic E-state index is -3.18. The lowest BCUT2D eigenvalue weighted by molar-refractivity contribution is -0.135. The van der Waals surface area contributed by atoms with Gasteiger partial charge in [0.1, 0.15) is 5.75 Å². The second-order valence-corrected chi connectivity index (χ2v) is 8.50. The van der Waals surface area contributed by atoms with Gasteiger partial charge in [0.05, 0.1) is 23.7 Å². The third-order valence-corrected chi connectivity index (χ3v) is 5.87. The Bertz CT molecular complexity index is 858. The van der Waals surface area contributed by atoms with E-state index in [1.807, 2.05) is 31.2 Å². The number of rotatable bonds is 4. The van der Waals surface area contributed by atoms with Gasteiger partial charge in [-0.3, -0.25) is 9.48 Å². The van der Waals surface area contributed by atoms with Gasteiger partial charge < -0.3 is 9.64 Å². The molecule has 1 unspecified atom stereocenters. The Kier molecular flexibility index (Phi) is 4.80. The zero-order valence-corrected chi connectivity index (χ0v) is 15.1. The number of benzene rings is 1. The average molecular weight is 363 g/mol. The molecular weight excluding hydrogens is 342 g/mol. The van der Waals surface area contributed by atoms with E-state index in [0.717, 1.165) is 11.1 Å². The molecule has 8 heteroatoms. The van der Waals surface area contributed by atoms with E-state index in [-0.39, 0.29) is 30.6 Å². The summed E-state index contributed by atoms with van der Waals surface area (Å²) in [6.45, 7) is 2.01. The first-order valence-electron chi connectivity index (χ1n) is 8.02. The van der Waals surface area contributed by atoms with Crippen molar-refractivity contribution in [3.63, 3.8) is 0 Å². The second-order valence-electron chi connectivity index (χ2n) is 6.27. The molecule has 1 saturated heterocycles. The smallest absolute Gasteiger partial charge is 0.261 e. The van der Waals surface area contributed by atoms with E-state index in [9.17, 15) is 13.2 Å². The van der Waals surface area contributed by atoms with Crippen molar-refractivity contribution in [2.75, 3.05) is 24.7 Å². The van der Waals surface area contributed by atoms with Crippen molar-refractivity contribution in [2.24, 2.45) is 7.05 Å². The average Bonchev–Trinajstić information content (AvgIpc) is 2.99. The van der Waals surface area contributed by atoms with Gasteiger partial charge in [0.2, 0.25) is 0 Å². The molecule has 0 spiro atoms. The quantitative estimate of drug-likeness (QED) is 0.813. The normalized spacial score (nSPS) is 19.6. The Balaban J connectivity index is 1.73. The minimum Gasteiger partial charge on any atom is -0.484 e. The Morgan fingerprint density at radius 2 is 2.04 bits per heavy atom. The summed E-state index contributed by atoms with van der Waals surface area (Å²) in [4.78, 5) is 14.2. The summed E-state index contributed by atoms with van der Waals surface area (Å²) in [5, 5.41) is 4.09. The predicted molar refractivity (Wildman–Crippen MR) is 93.0 cm³/mol. The molecule has 1 aliphatic rings. The van der Waals surface area contributed by atoms with E-state index < -0.39 is 15.9 Å². The zero-order valence-electron chi connectivity index (χ0n) is 14.3. The molecule has 3 rings (SSSR count). The molecule has 0 bridgehead atoms. The summed E-state index contributed by atoms with van der Waals surface area (Å²) >= 11 is 0. The Morgan fingerprint density at radius 1 is 1.32 bits per heavy atom. The van der Waals surface area contributed by atoms with Crippen LogP contribution in [-0.2, 0) is 21.7 Å². The zero-order chi connectivity index (χ0) is 18.0. The molecular formula is C17H21N3O4S. The highest BCUT2D eigenvalue weighted by molar-refractivity contribution is 7.91. The fourth-order valence-corrected chi connectivity index (χ4v) is 4.35. The van der Waals surface area contributed by atoms with E-state index in [2.05, 4.69) is 5.10 Å². The number of aryl methyl sites for hydroxylation is 2. The highest BCUT2D eigenvalue weighted by Gasteiger charge is 2.35. The van der Waals surface area contributed by atoms with E-state index in [4.69, 9.17) is 4.74 Å². The highest BCUT2D eigenvalue weighted by atomic mass is 32.2. The van der Waals surface area contributed by atoms with Crippen molar-refractivity contribution in [1.82, 2.24) is 14.7 Å². The molecule has 0 saturated carbocycles. The lowest BCUT2D eigenvalue weighted by atomic mass is 10.1. The van der Waals surface area contributed by atoms with Crippen molar-refractivity contribution in [3.8, 4) is 5.75 Å². The van der Waals surface area contributed by atoms with Crippen LogP contribution in [0, 0.1) is 6.92 Å². The number of sulfone groups is 1. The summed E-state index contributed by atoms with van der Waals surface area (Å²) in [5.74, 6) is 0.264. The minimum absolute atomic E-state index is 0.0277. The van der Waals surface area contributed by atoms with Crippen molar-refractivity contribution >= 4 is 15.7 Å². The van der Waals surface area contributed by atoms with Gasteiger partial charge in [0.25, 0.3) is 5.91 Å². The van der Waals surface area contributed by atoms with Crippen LogP contribution in [0.5, 0.6) is 5.75 Å². The Labute approximate surface area is 147 Å². The summed E-state index contributed by atoms with van der Waals surface area (Å²) < 4.78 is 31.2. The van der Waals surface area contributed by atoms with Gasteiger partial charge >= 0.3 is 0 Å². The van der Waals surface area contributed by atoms with Crippen LogP contribution in [0.25, 0.3) is 0 Å². The summed E-state index contributed by atoms with van der Waals surface area (Å²) in [5.41, 5.74) is 1.83. The van der Waals surface area contributed by atoms with Crippen LogP contribution < -0.4 is 4.74 Å². The molecule has 1 aromatic heterocycles. The molecule has 2 heterocycles. The standard InChI is InChI=1S/C17H21N3O4S/c1-13-3-5-15(6-4-13)24-11-17(21)20-7-8-25(22,23)12-16(20)14-9-18-19(2)10-14/h3-6,9-10,16H,7-8,11-12H2,1-2H3. The molecule has 2 aromatic rings. The highest BCUT2D eigenvalue weighted by Crippen LogP contribution is 2.26. The van der Waals surface area contributed by atoms with Gasteiger partial charge in [-0.25, -0.2) is 8.42 Å². The largest absolute Gasteiger partial charge is 0.484 e. The van der Waals surface area contributed by atoms with E-state index >= 15 is 0 Å². The van der Waals surface area contributed by atoms with E-state index in [1.165, 1.54) is 0 Å². The van der Waals surface area contributed by atoms with Crippen molar-refractivity contribution in [2.45, 2.75) is 13.0 Å². The van der Waals surface area contributed by atoms with Gasteiger partial charge in [-0.05, 0) is 19.1 Å². The Morgan fingerprint density at radius 3 is 2.68 bits per heavy atom. The van der Waals surface area contributed by atoms with Gasteiger partial charge in [-0.1, -0.05) is 17.7 Å². The van der Waals surface area contributed by atoms with Gasteiger partial charge in [-0.15, -0.1) is 0 Å². The lowest BCUT2D eigenvalue weighted by Gasteiger charge is -2.34. The molecule has 1 aliphatic heterocycles. The van der Waals surface area contributed by atoms with Crippen molar-refractivity contribution < 1.29 is 17.9 Å². The molecule has 134 valence electrons. The number of aromatic nitrogens is 2. The molecule has 1 aromatic carbocycles. The molecule has 0 aliphatic carbocycles. The topological polar surface area (TPSA) is 81.5 Å². The number of nitrogens with zero attached hydrogens (tertiary/aromatic N) is 3. The number of carbonyl (C=O) groups excluding carboxylic acids is 1. The number of hydrogen-bond acceptors (Lipinski definition) is 5. The third kappa shape index (κ3) is 4.19. The SMILES string of the molecule is Cc1ccc(OCC(=O)N2CCS(=O)(=O)CC2c2cnn(C)c2)cc1. The molecule has 1 fully saturated rings. The number of ether oxygens (including phenoxy) is 1. The number of amides is 1. The molecule has 7 nitrogen and oxygen atoms in total. The van der Waals surface area contributed by atoms with Gasteiger partial charge in [-0.2, -0.15) is 5.10 Å². The third-order valence-electron chi connectivity index (χ3n) is 4.24. The van der Waals surface area contributed by atoms with E-state index in [0.29, 0.717) is 5.75 Å². The summed E-state index contributed by atoms with van der Waals surface area (Å²) in [6.07, 6.45) is 3.35. The van der Waals surface area contributed by atoms with Gasteiger partial charge in [0.15, 0.2) is 16.4 Å². The monoisotopic (exact) mass is 363 g/mol. The molecule has 1 amide bonds. The van der Waals surface area contributed by atoms with Crippen LogP contribution in [-0.4, -0.2) is 53.7 Å². The van der Waals surface area contributed by atoms with Crippen LogP contribution >= 0.6 is 0 Å². The molecule has 1 atom stereocenters. The van der Waals surface area contributed by atoms with Crippen LogP contribution in [0.2, 0.25) is 0 Å². The first kappa shape index (κ1) is 17.5. The lowest BCUT2D eigenvalue weighted by Crippen LogP contribution is -2.47. The van der Waals surface area contributed by atoms with Gasteiger partial charge in [0, 0.05) is 25.4 Å². The Hall–Kier alpha value is -2.35. The van der Waals surface area contributed by atoms with Crippen LogP contribution in [0.15, 0.2) is 36.7 Å². The maximum absolute atomic E-state index is 12.6. The fourth-order valence-electron chi connectivity index (χ4n) is 2.86. The van der Waals surface area contributed by atoms with Crippen molar-refractivity contribution in [1.29, 1.82) is 0 Å². The van der Waals surface area contributed by atoms with E-state index in [1.54, 1.807) is 29.0 Å². The van der Waals surface area contributed by atoms with Crippen LogP contribution in [0.3, 0.4) is 0 Å². The van der Waals surface area contributed by atoms with Crippen molar-refractivity contribution in [3.05, 3.63) is 47.8 Å². The van der Waals surface area contributed by atoms with Crippen LogP contribution in [0.4, 0.5) is 0 Å². The summed E-state index contributed by atoms with van der Waals surface area (Å²) in [6, 6.07) is 6.91.